The van der Waals surface area contributed by atoms with Crippen LogP contribution in [0.5, 0.6) is 0 Å². The van der Waals surface area contributed by atoms with Gasteiger partial charge in [-0.2, -0.15) is 4.31 Å². The van der Waals surface area contributed by atoms with Gasteiger partial charge < -0.3 is 5.32 Å². The highest BCUT2D eigenvalue weighted by Crippen LogP contribution is 2.29. The zero-order valence-electron chi connectivity index (χ0n) is 23.1. The smallest absolute Gasteiger partial charge is 0.243 e. The van der Waals surface area contributed by atoms with Gasteiger partial charge in [0, 0.05) is 37.3 Å². The van der Waals surface area contributed by atoms with Crippen LogP contribution >= 0.6 is 0 Å². The van der Waals surface area contributed by atoms with Crippen molar-refractivity contribution in [1.82, 2.24) is 19.2 Å². The first-order valence-electron chi connectivity index (χ1n) is 13.7. The molecule has 1 aliphatic heterocycles. The summed E-state index contributed by atoms with van der Waals surface area (Å²) in [5.74, 6) is 1.97. The molecule has 1 aliphatic rings. The average Bonchev–Trinajstić information content (AvgIpc) is 2.97. The van der Waals surface area contributed by atoms with E-state index in [0.29, 0.717) is 37.0 Å². The van der Waals surface area contributed by atoms with Crippen LogP contribution in [0.3, 0.4) is 0 Å². The Kier molecular flexibility index (Phi) is 7.98. The van der Waals surface area contributed by atoms with Crippen LogP contribution in [-0.4, -0.2) is 53.8 Å². The van der Waals surface area contributed by atoms with Crippen LogP contribution in [0.2, 0.25) is 0 Å². The summed E-state index contributed by atoms with van der Waals surface area (Å²) < 4.78 is 28.1. The quantitative estimate of drug-likeness (QED) is 0.288. The number of nitrogens with one attached hydrogen (secondary N) is 1. The van der Waals surface area contributed by atoms with Gasteiger partial charge >= 0.3 is 0 Å². The Bertz CT molecular complexity index is 1530. The van der Waals surface area contributed by atoms with E-state index < -0.39 is 10.0 Å². The summed E-state index contributed by atoms with van der Waals surface area (Å²) >= 11 is 0. The topological polar surface area (TPSA) is 78.4 Å². The number of hydrogen-bond donors (Lipinski definition) is 1. The largest absolute Gasteiger partial charge is 0.340 e. The number of nitrogens with zero attached hydrogens (tertiary/aromatic N) is 4. The molecular weight excluding hydrogens is 506 g/mol. The summed E-state index contributed by atoms with van der Waals surface area (Å²) in [5, 5.41) is 4.47. The van der Waals surface area contributed by atoms with Gasteiger partial charge in [0.15, 0.2) is 0 Å². The van der Waals surface area contributed by atoms with Crippen LogP contribution in [0.1, 0.15) is 56.6 Å². The van der Waals surface area contributed by atoms with Crippen LogP contribution in [0.25, 0.3) is 10.9 Å². The van der Waals surface area contributed by atoms with E-state index in [1.165, 1.54) is 5.56 Å². The van der Waals surface area contributed by atoms with Crippen molar-refractivity contribution in [2.75, 3.05) is 31.5 Å². The highest BCUT2D eigenvalue weighted by Gasteiger charge is 2.31. The van der Waals surface area contributed by atoms with Gasteiger partial charge in [0.25, 0.3) is 0 Å². The van der Waals surface area contributed by atoms with Crippen molar-refractivity contribution < 1.29 is 8.42 Å². The normalized spacial score (nSPS) is 16.0. The lowest BCUT2D eigenvalue weighted by atomic mass is 10.0. The Hall–Kier alpha value is -3.33. The van der Waals surface area contributed by atoms with Crippen LogP contribution in [0, 0.1) is 0 Å². The van der Waals surface area contributed by atoms with Crippen molar-refractivity contribution in [3.05, 3.63) is 89.7 Å². The fourth-order valence-corrected chi connectivity index (χ4v) is 6.43. The van der Waals surface area contributed by atoms with Crippen LogP contribution in [-0.2, 0) is 16.4 Å². The van der Waals surface area contributed by atoms with Crippen LogP contribution in [0.15, 0.2) is 77.7 Å². The maximum Gasteiger partial charge on any atom is 0.243 e. The third-order valence-corrected chi connectivity index (χ3v) is 9.54. The summed E-state index contributed by atoms with van der Waals surface area (Å²) in [4.78, 5) is 12.5. The predicted octanol–water partition coefficient (Wildman–Crippen LogP) is 6.13. The third kappa shape index (κ3) is 5.83. The van der Waals surface area contributed by atoms with Crippen molar-refractivity contribution in [2.24, 2.45) is 0 Å². The molecule has 8 heteroatoms. The van der Waals surface area contributed by atoms with E-state index in [-0.39, 0.29) is 6.04 Å². The molecule has 5 rings (SSSR count). The van der Waals surface area contributed by atoms with Gasteiger partial charge in [-0.05, 0) is 66.8 Å². The number of sulfonamides is 1. The highest BCUT2D eigenvalue weighted by molar-refractivity contribution is 7.89. The molecule has 1 N–H and O–H groups in total. The summed E-state index contributed by atoms with van der Waals surface area (Å²) in [6.07, 6.45) is 0.884. The number of piperazine rings is 1. The maximum absolute atomic E-state index is 13.2. The second-order valence-electron chi connectivity index (χ2n) is 10.5. The Morgan fingerprint density at radius 3 is 2.15 bits per heavy atom. The summed E-state index contributed by atoms with van der Waals surface area (Å²) in [6.45, 7) is 10.6. The molecule has 0 radical (unpaired) electrons. The van der Waals surface area contributed by atoms with E-state index in [0.717, 1.165) is 40.2 Å². The number of rotatable bonds is 8. The lowest BCUT2D eigenvalue weighted by Gasteiger charge is -2.36. The second-order valence-corrected chi connectivity index (χ2v) is 12.4. The van der Waals surface area contributed by atoms with E-state index in [2.05, 4.69) is 62.2 Å². The third-order valence-electron chi connectivity index (χ3n) is 7.62. The number of hydrogen-bond acceptors (Lipinski definition) is 6. The maximum atomic E-state index is 13.2. The number of aryl methyl sites for hydroxylation is 1. The zero-order chi connectivity index (χ0) is 27.6. The number of fused-ring (bicyclic) bond motifs is 1. The summed E-state index contributed by atoms with van der Waals surface area (Å²) in [6, 6.07) is 23.7. The Morgan fingerprint density at radius 1 is 0.846 bits per heavy atom. The molecule has 2 heterocycles. The van der Waals surface area contributed by atoms with Crippen molar-refractivity contribution in [3.63, 3.8) is 0 Å². The molecule has 0 bridgehead atoms. The lowest BCUT2D eigenvalue weighted by Crippen LogP contribution is -2.49. The number of anilines is 2. The minimum Gasteiger partial charge on any atom is -0.340 e. The molecule has 7 nitrogen and oxygen atoms in total. The first-order chi connectivity index (χ1) is 18.8. The van der Waals surface area contributed by atoms with Gasteiger partial charge in [-0.25, -0.2) is 18.4 Å². The minimum atomic E-state index is -3.51. The number of aromatic nitrogens is 2. The molecule has 1 atom stereocenters. The molecule has 39 heavy (non-hydrogen) atoms. The van der Waals surface area contributed by atoms with E-state index in [4.69, 9.17) is 9.97 Å². The van der Waals surface area contributed by atoms with Gasteiger partial charge in [0.2, 0.25) is 10.0 Å². The molecule has 0 saturated carbocycles. The predicted molar refractivity (Wildman–Crippen MR) is 158 cm³/mol. The first kappa shape index (κ1) is 27.2. The Labute approximate surface area is 232 Å². The molecule has 1 saturated heterocycles. The number of benzene rings is 3. The summed E-state index contributed by atoms with van der Waals surface area (Å²) in [5.41, 5.74) is 4.28. The Morgan fingerprint density at radius 2 is 1.51 bits per heavy atom. The highest BCUT2D eigenvalue weighted by atomic mass is 32.2. The molecule has 0 unspecified atom stereocenters. The molecule has 0 amide bonds. The number of para-hydroxylation sites is 1. The van der Waals surface area contributed by atoms with Crippen molar-refractivity contribution in [3.8, 4) is 0 Å². The van der Waals surface area contributed by atoms with Gasteiger partial charge in [-0.1, -0.05) is 57.2 Å². The second kappa shape index (κ2) is 11.4. The molecule has 204 valence electrons. The van der Waals surface area contributed by atoms with Crippen LogP contribution < -0.4 is 5.32 Å². The van der Waals surface area contributed by atoms with E-state index in [1.54, 1.807) is 16.4 Å². The van der Waals surface area contributed by atoms with Crippen LogP contribution in [0.4, 0.5) is 11.5 Å². The van der Waals surface area contributed by atoms with Gasteiger partial charge in [-0.15, -0.1) is 0 Å². The van der Waals surface area contributed by atoms with Crippen molar-refractivity contribution >= 4 is 32.4 Å². The first-order valence-corrected chi connectivity index (χ1v) is 15.2. The summed E-state index contributed by atoms with van der Waals surface area (Å²) in [7, 11) is -3.51. The zero-order valence-corrected chi connectivity index (χ0v) is 23.9. The fourth-order valence-electron chi connectivity index (χ4n) is 5.01. The Balaban J connectivity index is 1.33. The molecular formula is C31H37N5O2S. The molecule has 1 fully saturated rings. The average molecular weight is 544 g/mol. The lowest BCUT2D eigenvalue weighted by molar-refractivity contribution is 0.141. The molecule has 1 aromatic heterocycles. The van der Waals surface area contributed by atoms with Gasteiger partial charge in [0.05, 0.1) is 16.5 Å². The van der Waals surface area contributed by atoms with Gasteiger partial charge in [0.1, 0.15) is 11.6 Å². The molecule has 4 aromatic rings. The van der Waals surface area contributed by atoms with E-state index in [9.17, 15) is 8.42 Å². The monoisotopic (exact) mass is 543 g/mol. The van der Waals surface area contributed by atoms with Crippen molar-refractivity contribution in [1.29, 1.82) is 0 Å². The molecule has 3 aromatic carbocycles. The van der Waals surface area contributed by atoms with E-state index >= 15 is 0 Å². The van der Waals surface area contributed by atoms with E-state index in [1.807, 2.05) is 36.4 Å². The minimum absolute atomic E-state index is 0.0628. The van der Waals surface area contributed by atoms with Crippen molar-refractivity contribution in [2.45, 2.75) is 51.0 Å². The fraction of sp³-hybridized carbons (Fsp3) is 0.355. The molecule has 0 aliphatic carbocycles. The van der Waals surface area contributed by atoms with Gasteiger partial charge in [-0.3, -0.25) is 4.90 Å². The SMILES string of the molecule is CCc1ccc(S(=O)(=O)N2CCN([C@@H](C)c3nc(Nc4ccc(C(C)C)cc4)c4ccccc4n3)CC2)cc1. The molecule has 0 spiro atoms. The standard InChI is InChI=1S/C31H37N5O2S/c1-5-24-10-16-27(17-11-24)39(37,38)36-20-18-35(19-21-36)23(4)30-33-29-9-7-6-8-28(29)31(34-30)32-26-14-12-25(13-15-26)22(2)3/h6-17,22-23H,5,18-21H2,1-4H3,(H,32,33,34)/t23-/m0/s1.